The zero-order valence-corrected chi connectivity index (χ0v) is 16.2. The summed E-state index contributed by atoms with van der Waals surface area (Å²) in [7, 11) is 1.66. The summed E-state index contributed by atoms with van der Waals surface area (Å²) in [5.41, 5.74) is 0.707. The van der Waals surface area contributed by atoms with Crippen LogP contribution in [0, 0.1) is 5.41 Å². The van der Waals surface area contributed by atoms with Crippen LogP contribution in [0.4, 0.5) is 0 Å². The Kier molecular flexibility index (Phi) is 8.19. The Morgan fingerprint density at radius 2 is 1.85 bits per heavy atom. The lowest BCUT2D eigenvalue weighted by atomic mass is 9.78. The Hall–Kier alpha value is -1.79. The molecule has 1 saturated heterocycles. The maximum atomic E-state index is 12.7. The first-order chi connectivity index (χ1) is 12.6. The minimum atomic E-state index is -0.407. The van der Waals surface area contributed by atoms with Crippen LogP contribution < -0.4 is 20.1 Å². The van der Waals surface area contributed by atoms with E-state index < -0.39 is 5.41 Å². The minimum Gasteiger partial charge on any atom is -0.490 e. The maximum absolute atomic E-state index is 12.7. The van der Waals surface area contributed by atoms with E-state index >= 15 is 0 Å². The molecule has 0 unspecified atom stereocenters. The summed E-state index contributed by atoms with van der Waals surface area (Å²) in [4.78, 5) is 12.7. The number of hydrogen-bond acceptors (Lipinski definition) is 5. The predicted octanol–water partition coefficient (Wildman–Crippen LogP) is 2.16. The molecule has 1 aliphatic heterocycles. The molecule has 1 heterocycles. The first-order valence-electron chi connectivity index (χ1n) is 9.51. The number of amides is 1. The second-order valence-electron chi connectivity index (χ2n) is 6.62. The molecule has 6 heteroatoms. The summed E-state index contributed by atoms with van der Waals surface area (Å²) < 4.78 is 16.6. The highest BCUT2D eigenvalue weighted by Gasteiger charge is 2.39. The van der Waals surface area contributed by atoms with Crippen LogP contribution in [-0.2, 0) is 16.0 Å². The van der Waals surface area contributed by atoms with Crippen molar-refractivity contribution in [2.24, 2.45) is 5.41 Å². The number of piperidine rings is 1. The van der Waals surface area contributed by atoms with Gasteiger partial charge in [-0.05, 0) is 63.9 Å². The monoisotopic (exact) mass is 364 g/mol. The van der Waals surface area contributed by atoms with Crippen LogP contribution in [0.2, 0.25) is 0 Å². The highest BCUT2D eigenvalue weighted by Crippen LogP contribution is 2.30. The Bertz CT molecular complexity index is 565. The molecule has 26 heavy (non-hydrogen) atoms. The predicted molar refractivity (Wildman–Crippen MR) is 102 cm³/mol. The molecule has 1 aromatic rings. The van der Waals surface area contributed by atoms with Gasteiger partial charge in [0.2, 0.25) is 5.91 Å². The summed E-state index contributed by atoms with van der Waals surface area (Å²) >= 11 is 0. The van der Waals surface area contributed by atoms with E-state index in [0.29, 0.717) is 26.4 Å². The zero-order valence-electron chi connectivity index (χ0n) is 16.2. The smallest absolute Gasteiger partial charge is 0.228 e. The first-order valence-corrected chi connectivity index (χ1v) is 9.51. The number of hydrogen-bond donors (Lipinski definition) is 2. The molecule has 0 bridgehead atoms. The molecule has 0 saturated carbocycles. The second kappa shape index (κ2) is 10.4. The van der Waals surface area contributed by atoms with Gasteiger partial charge in [-0.25, -0.2) is 0 Å². The van der Waals surface area contributed by atoms with Gasteiger partial charge in [-0.15, -0.1) is 0 Å². The zero-order chi connectivity index (χ0) is 18.8. The van der Waals surface area contributed by atoms with Gasteiger partial charge in [-0.1, -0.05) is 6.07 Å². The summed E-state index contributed by atoms with van der Waals surface area (Å²) in [6.45, 7) is 7.88. The molecule has 146 valence electrons. The standard InChI is InChI=1S/C20H32N2O4/c1-4-25-17-7-6-16(14-18(17)26-5-2)8-11-22-19(23)20(15-24-3)9-12-21-13-10-20/h6-7,14,21H,4-5,8-13,15H2,1-3H3,(H,22,23). The first kappa shape index (κ1) is 20.5. The summed E-state index contributed by atoms with van der Waals surface area (Å²) in [6.07, 6.45) is 2.37. The summed E-state index contributed by atoms with van der Waals surface area (Å²) in [5, 5.41) is 6.41. The fraction of sp³-hybridized carbons (Fsp3) is 0.650. The fourth-order valence-corrected chi connectivity index (χ4v) is 3.38. The van der Waals surface area contributed by atoms with Gasteiger partial charge in [-0.3, -0.25) is 4.79 Å². The topological polar surface area (TPSA) is 68.8 Å². The molecule has 0 atom stereocenters. The number of rotatable bonds is 10. The van der Waals surface area contributed by atoms with E-state index in [1.165, 1.54) is 0 Å². The molecule has 6 nitrogen and oxygen atoms in total. The van der Waals surface area contributed by atoms with E-state index in [2.05, 4.69) is 10.6 Å². The molecule has 2 N–H and O–H groups in total. The van der Waals surface area contributed by atoms with Gasteiger partial charge in [-0.2, -0.15) is 0 Å². The number of benzene rings is 1. The van der Waals surface area contributed by atoms with Crippen LogP contribution in [0.15, 0.2) is 18.2 Å². The van der Waals surface area contributed by atoms with Crippen molar-refractivity contribution in [3.05, 3.63) is 23.8 Å². The van der Waals surface area contributed by atoms with Crippen LogP contribution in [0.3, 0.4) is 0 Å². The Labute approximate surface area is 156 Å². The molecule has 2 rings (SSSR count). The van der Waals surface area contributed by atoms with Crippen LogP contribution in [0.5, 0.6) is 11.5 Å². The molecule has 0 spiro atoms. The third kappa shape index (κ3) is 5.35. The molecule has 1 aromatic carbocycles. The van der Waals surface area contributed by atoms with E-state index in [1.807, 2.05) is 32.0 Å². The number of carbonyl (C=O) groups excluding carboxylic acids is 1. The Balaban J connectivity index is 1.93. The SMILES string of the molecule is CCOc1ccc(CCNC(=O)C2(COC)CCNCC2)cc1OCC. The molecule has 0 radical (unpaired) electrons. The van der Waals surface area contributed by atoms with Crippen LogP contribution in [0.25, 0.3) is 0 Å². The van der Waals surface area contributed by atoms with Gasteiger partial charge in [0.05, 0.1) is 25.2 Å². The maximum Gasteiger partial charge on any atom is 0.228 e. The summed E-state index contributed by atoms with van der Waals surface area (Å²) in [5.74, 6) is 1.61. The summed E-state index contributed by atoms with van der Waals surface area (Å²) in [6, 6.07) is 5.95. The lowest BCUT2D eigenvalue weighted by Gasteiger charge is -2.35. The van der Waals surface area contributed by atoms with E-state index in [1.54, 1.807) is 7.11 Å². The average molecular weight is 364 g/mol. The highest BCUT2D eigenvalue weighted by molar-refractivity contribution is 5.83. The normalized spacial score (nSPS) is 16.1. The number of ether oxygens (including phenoxy) is 3. The number of methoxy groups -OCH3 is 1. The molecule has 1 fully saturated rings. The van der Waals surface area contributed by atoms with Crippen LogP contribution in [0.1, 0.15) is 32.3 Å². The molecule has 0 aliphatic carbocycles. The van der Waals surface area contributed by atoms with Crippen LogP contribution in [-0.4, -0.2) is 52.5 Å². The van der Waals surface area contributed by atoms with Crippen molar-refractivity contribution in [1.82, 2.24) is 10.6 Å². The van der Waals surface area contributed by atoms with Crippen molar-refractivity contribution in [3.8, 4) is 11.5 Å². The van der Waals surface area contributed by atoms with E-state index in [-0.39, 0.29) is 5.91 Å². The van der Waals surface area contributed by atoms with Crippen molar-refractivity contribution < 1.29 is 19.0 Å². The fourth-order valence-electron chi connectivity index (χ4n) is 3.38. The van der Waals surface area contributed by atoms with E-state index in [9.17, 15) is 4.79 Å². The van der Waals surface area contributed by atoms with Gasteiger partial charge in [0.15, 0.2) is 11.5 Å². The average Bonchev–Trinajstić information content (AvgIpc) is 2.65. The number of nitrogens with one attached hydrogen (secondary N) is 2. The van der Waals surface area contributed by atoms with Crippen molar-refractivity contribution >= 4 is 5.91 Å². The Morgan fingerprint density at radius 3 is 2.50 bits per heavy atom. The van der Waals surface area contributed by atoms with Crippen molar-refractivity contribution in [2.45, 2.75) is 33.1 Å². The van der Waals surface area contributed by atoms with Crippen molar-refractivity contribution in [2.75, 3.05) is 46.6 Å². The third-order valence-electron chi connectivity index (χ3n) is 4.77. The third-order valence-corrected chi connectivity index (χ3v) is 4.77. The molecule has 1 amide bonds. The van der Waals surface area contributed by atoms with Gasteiger partial charge in [0, 0.05) is 13.7 Å². The van der Waals surface area contributed by atoms with Gasteiger partial charge < -0.3 is 24.8 Å². The lowest BCUT2D eigenvalue weighted by molar-refractivity contribution is -0.136. The molecule has 1 aliphatic rings. The van der Waals surface area contributed by atoms with Gasteiger partial charge in [0.25, 0.3) is 0 Å². The van der Waals surface area contributed by atoms with Crippen molar-refractivity contribution in [3.63, 3.8) is 0 Å². The van der Waals surface area contributed by atoms with E-state index in [0.717, 1.165) is 49.4 Å². The van der Waals surface area contributed by atoms with Crippen molar-refractivity contribution in [1.29, 1.82) is 0 Å². The van der Waals surface area contributed by atoms with Gasteiger partial charge in [0.1, 0.15) is 0 Å². The quantitative estimate of drug-likeness (QED) is 0.666. The van der Waals surface area contributed by atoms with Gasteiger partial charge >= 0.3 is 0 Å². The lowest BCUT2D eigenvalue weighted by Crippen LogP contribution is -2.50. The molecular weight excluding hydrogens is 332 g/mol. The molecule has 0 aromatic heterocycles. The van der Waals surface area contributed by atoms with E-state index in [4.69, 9.17) is 14.2 Å². The number of carbonyl (C=O) groups is 1. The largest absolute Gasteiger partial charge is 0.490 e. The minimum absolute atomic E-state index is 0.0943. The highest BCUT2D eigenvalue weighted by atomic mass is 16.5. The second-order valence-corrected chi connectivity index (χ2v) is 6.62. The Morgan fingerprint density at radius 1 is 1.15 bits per heavy atom. The van der Waals surface area contributed by atoms with Crippen LogP contribution >= 0.6 is 0 Å². The molecular formula is C20H32N2O4.